The maximum atomic E-state index is 9.92. The van der Waals surface area contributed by atoms with Crippen molar-refractivity contribution in [1.82, 2.24) is 9.78 Å². The van der Waals surface area contributed by atoms with Crippen LogP contribution in [0.25, 0.3) is 12.2 Å². The third-order valence-corrected chi connectivity index (χ3v) is 3.86. The van der Waals surface area contributed by atoms with Gasteiger partial charge in [-0.3, -0.25) is 9.48 Å². The van der Waals surface area contributed by atoms with Gasteiger partial charge in [-0.2, -0.15) is 5.10 Å². The van der Waals surface area contributed by atoms with Crippen molar-refractivity contribution in [3.8, 4) is 0 Å². The van der Waals surface area contributed by atoms with Gasteiger partial charge in [0.1, 0.15) is 0 Å². The molecule has 0 fully saturated rings. The van der Waals surface area contributed by atoms with Crippen molar-refractivity contribution in [2.24, 2.45) is 7.05 Å². The molecule has 1 N–H and O–H groups in total. The number of hydrogen-bond acceptors (Lipinski definition) is 3. The Morgan fingerprint density at radius 1 is 1.17 bits per heavy atom. The number of carbonyl (C=O) groups excluding carboxylic acids is 1. The summed E-state index contributed by atoms with van der Waals surface area (Å²) in [6.45, 7) is 0. The van der Waals surface area contributed by atoms with Crippen molar-refractivity contribution < 1.29 is 4.79 Å². The highest BCUT2D eigenvalue weighted by atomic mass is 35.5. The number of nitrogens with one attached hydrogen (secondary N) is 1. The van der Waals surface area contributed by atoms with E-state index in [1.165, 1.54) is 4.88 Å². The van der Waals surface area contributed by atoms with Gasteiger partial charge in [0.2, 0.25) is 6.41 Å². The molecule has 0 aliphatic heterocycles. The second-order valence-corrected chi connectivity index (χ2v) is 5.95. The minimum Gasteiger partial charge on any atom is -0.329 e. The Balaban J connectivity index is 0.000000174. The van der Waals surface area contributed by atoms with E-state index in [9.17, 15) is 4.79 Å². The SMILES string of the molecule is Cn1ccc(/C=C/c2cccs2)n1.O=CNc1ccc(Cl)cc1. The first-order valence-corrected chi connectivity index (χ1v) is 8.10. The standard InChI is InChI=1S/C10H10N2S.C7H6ClNO/c1-12-7-6-9(11-12)4-5-10-3-2-8-13-10;8-6-1-3-7(4-2-6)9-5-10/h2-8H,1H3;1-5H,(H,9,10)/b5-4+;. The van der Waals surface area contributed by atoms with Gasteiger partial charge in [0.05, 0.1) is 5.69 Å². The minimum absolute atomic E-state index is 0.628. The van der Waals surface area contributed by atoms with Crippen LogP contribution in [0.5, 0.6) is 0 Å². The maximum absolute atomic E-state index is 9.92. The fourth-order valence-electron chi connectivity index (χ4n) is 1.69. The zero-order chi connectivity index (χ0) is 16.5. The smallest absolute Gasteiger partial charge is 0.211 e. The molecule has 0 aliphatic carbocycles. The monoisotopic (exact) mass is 345 g/mol. The fraction of sp³-hybridized carbons (Fsp3) is 0.0588. The quantitative estimate of drug-likeness (QED) is 0.704. The van der Waals surface area contributed by atoms with E-state index in [4.69, 9.17) is 11.6 Å². The zero-order valence-electron chi connectivity index (χ0n) is 12.5. The number of aromatic nitrogens is 2. The summed E-state index contributed by atoms with van der Waals surface area (Å²) in [5.41, 5.74) is 1.75. The molecular weight excluding hydrogens is 330 g/mol. The Bertz CT molecular complexity index is 749. The molecule has 6 heteroatoms. The molecule has 0 aliphatic rings. The second-order valence-electron chi connectivity index (χ2n) is 4.53. The molecule has 1 aromatic carbocycles. The van der Waals surface area contributed by atoms with Crippen molar-refractivity contribution >= 4 is 47.2 Å². The number of aryl methyl sites for hydroxylation is 1. The lowest BCUT2D eigenvalue weighted by molar-refractivity contribution is -0.105. The van der Waals surface area contributed by atoms with Crippen LogP contribution >= 0.6 is 22.9 Å². The Morgan fingerprint density at radius 2 is 1.96 bits per heavy atom. The first-order chi connectivity index (χ1) is 11.2. The van der Waals surface area contributed by atoms with E-state index < -0.39 is 0 Å². The van der Waals surface area contributed by atoms with E-state index >= 15 is 0 Å². The molecule has 0 atom stereocenters. The van der Waals surface area contributed by atoms with Crippen molar-refractivity contribution in [3.63, 3.8) is 0 Å². The van der Waals surface area contributed by atoms with E-state index in [1.54, 1.807) is 40.3 Å². The molecule has 23 heavy (non-hydrogen) atoms. The lowest BCUT2D eigenvalue weighted by atomic mass is 10.3. The molecule has 0 spiro atoms. The van der Waals surface area contributed by atoms with Crippen LogP contribution in [-0.2, 0) is 11.8 Å². The van der Waals surface area contributed by atoms with Crippen LogP contribution in [0.3, 0.4) is 0 Å². The van der Waals surface area contributed by atoms with E-state index in [0.717, 1.165) is 11.4 Å². The summed E-state index contributed by atoms with van der Waals surface area (Å²) in [5, 5.41) is 9.47. The van der Waals surface area contributed by atoms with Gasteiger partial charge >= 0.3 is 0 Å². The molecule has 0 bridgehead atoms. The van der Waals surface area contributed by atoms with Crippen LogP contribution in [-0.4, -0.2) is 16.2 Å². The predicted molar refractivity (Wildman–Crippen MR) is 97.6 cm³/mol. The van der Waals surface area contributed by atoms with Crippen molar-refractivity contribution in [2.45, 2.75) is 0 Å². The van der Waals surface area contributed by atoms with E-state index in [2.05, 4.69) is 27.9 Å². The Labute approximate surface area is 144 Å². The molecule has 3 rings (SSSR count). The predicted octanol–water partition coefficient (Wildman–Crippen LogP) is 4.56. The maximum Gasteiger partial charge on any atom is 0.211 e. The molecule has 0 saturated heterocycles. The average Bonchev–Trinajstić information content (AvgIpc) is 3.20. The highest BCUT2D eigenvalue weighted by molar-refractivity contribution is 7.10. The molecular formula is C17H16ClN3OS. The van der Waals surface area contributed by atoms with E-state index in [1.807, 2.05) is 31.5 Å². The summed E-state index contributed by atoms with van der Waals surface area (Å²) in [7, 11) is 1.92. The van der Waals surface area contributed by atoms with Gasteiger partial charge in [-0.15, -0.1) is 11.3 Å². The largest absolute Gasteiger partial charge is 0.329 e. The topological polar surface area (TPSA) is 46.9 Å². The summed E-state index contributed by atoms with van der Waals surface area (Å²) in [6, 6.07) is 13.0. The third kappa shape index (κ3) is 6.10. The molecule has 0 radical (unpaired) electrons. The third-order valence-electron chi connectivity index (χ3n) is 2.77. The van der Waals surface area contributed by atoms with Crippen LogP contribution in [0.1, 0.15) is 10.6 Å². The zero-order valence-corrected chi connectivity index (χ0v) is 14.1. The van der Waals surface area contributed by atoms with Gasteiger partial charge < -0.3 is 5.32 Å². The second kappa shape index (κ2) is 8.92. The summed E-state index contributed by atoms with van der Waals surface area (Å²) in [4.78, 5) is 11.2. The molecule has 2 aromatic heterocycles. The van der Waals surface area contributed by atoms with Gasteiger partial charge in [-0.1, -0.05) is 17.7 Å². The van der Waals surface area contributed by atoms with Crippen LogP contribution in [0.4, 0.5) is 5.69 Å². The number of nitrogens with zero attached hydrogens (tertiary/aromatic N) is 2. The van der Waals surface area contributed by atoms with Gasteiger partial charge in [0.25, 0.3) is 0 Å². The number of amides is 1. The number of carbonyl (C=O) groups is 1. The van der Waals surface area contributed by atoms with Gasteiger partial charge in [0.15, 0.2) is 0 Å². The van der Waals surface area contributed by atoms with Gasteiger partial charge in [-0.25, -0.2) is 0 Å². The number of benzene rings is 1. The summed E-state index contributed by atoms with van der Waals surface area (Å²) in [5.74, 6) is 0. The first-order valence-electron chi connectivity index (χ1n) is 6.84. The molecule has 3 aromatic rings. The summed E-state index contributed by atoms with van der Waals surface area (Å²) < 4.78 is 1.80. The normalized spacial score (nSPS) is 10.2. The minimum atomic E-state index is 0.628. The highest BCUT2D eigenvalue weighted by Gasteiger charge is 1.90. The van der Waals surface area contributed by atoms with Crippen LogP contribution in [0.15, 0.2) is 54.0 Å². The first kappa shape index (κ1) is 17.0. The van der Waals surface area contributed by atoms with Crippen LogP contribution < -0.4 is 5.32 Å². The fourth-order valence-corrected chi connectivity index (χ4v) is 2.43. The van der Waals surface area contributed by atoms with E-state index in [-0.39, 0.29) is 0 Å². The lowest BCUT2D eigenvalue weighted by Gasteiger charge is -1.95. The number of halogens is 1. The number of thiophene rings is 1. The lowest BCUT2D eigenvalue weighted by Crippen LogP contribution is -1.91. The van der Waals surface area contributed by atoms with Gasteiger partial charge in [0, 0.05) is 28.8 Å². The van der Waals surface area contributed by atoms with Crippen LogP contribution in [0.2, 0.25) is 5.02 Å². The number of hydrogen-bond donors (Lipinski definition) is 1. The van der Waals surface area contributed by atoms with Crippen molar-refractivity contribution in [3.05, 3.63) is 69.6 Å². The highest BCUT2D eigenvalue weighted by Crippen LogP contribution is 2.12. The summed E-state index contributed by atoms with van der Waals surface area (Å²) in [6.07, 6.45) is 6.66. The molecule has 1 amide bonds. The van der Waals surface area contributed by atoms with E-state index in [0.29, 0.717) is 11.4 Å². The Hall–Kier alpha value is -2.37. The molecule has 0 saturated carbocycles. The van der Waals surface area contributed by atoms with Gasteiger partial charge in [-0.05, 0) is 53.9 Å². The molecule has 4 nitrogen and oxygen atoms in total. The van der Waals surface area contributed by atoms with Crippen LogP contribution in [0, 0.1) is 0 Å². The molecule has 118 valence electrons. The van der Waals surface area contributed by atoms with Crippen molar-refractivity contribution in [1.29, 1.82) is 0 Å². The summed E-state index contributed by atoms with van der Waals surface area (Å²) >= 11 is 7.32. The number of rotatable bonds is 4. The molecule has 0 unspecified atom stereocenters. The average molecular weight is 346 g/mol. The molecule has 2 heterocycles. The van der Waals surface area contributed by atoms with Crippen molar-refractivity contribution in [2.75, 3.05) is 5.32 Å². The Kier molecular flexibility index (Phi) is 6.59. The Morgan fingerprint density at radius 3 is 2.52 bits per heavy atom. The number of anilines is 1.